The van der Waals surface area contributed by atoms with E-state index < -0.39 is 0 Å². The first kappa shape index (κ1) is 37.7. The first-order valence-electron chi connectivity index (χ1n) is 23.1. The average molecular weight is 855 g/mol. The molecule has 4 nitrogen and oxygen atoms in total. The maximum Gasteiger partial charge on any atom is 0.235 e. The van der Waals surface area contributed by atoms with Crippen LogP contribution in [0.25, 0.3) is 122 Å². The monoisotopic (exact) mass is 854 g/mol. The van der Waals surface area contributed by atoms with Crippen molar-refractivity contribution in [2.24, 2.45) is 0 Å². The van der Waals surface area contributed by atoms with Crippen LogP contribution in [-0.4, -0.2) is 19.1 Å². The Bertz CT molecular complexity index is 4170. The van der Waals surface area contributed by atoms with Crippen molar-refractivity contribution in [2.45, 2.75) is 19.3 Å². The summed E-state index contributed by atoms with van der Waals surface area (Å²) in [6, 6.07) is 79.6. The molecule has 0 saturated heterocycles. The average Bonchev–Trinajstić information content (AvgIpc) is 3.97. The van der Waals surface area contributed by atoms with Crippen molar-refractivity contribution < 1.29 is 0 Å². The number of benzene rings is 10. The second kappa shape index (κ2) is 14.2. The van der Waals surface area contributed by atoms with E-state index in [1.807, 2.05) is 0 Å². The highest BCUT2D eigenvalue weighted by atomic mass is 15.2. The van der Waals surface area contributed by atoms with Gasteiger partial charge in [0, 0.05) is 43.6 Å². The lowest BCUT2D eigenvalue weighted by molar-refractivity contribution is 0.660. The lowest BCUT2D eigenvalue weighted by Gasteiger charge is -2.22. The number of para-hydroxylation sites is 2. The van der Waals surface area contributed by atoms with Crippen molar-refractivity contribution in [3.63, 3.8) is 0 Å². The van der Waals surface area contributed by atoms with Crippen molar-refractivity contribution in [3.8, 4) is 56.3 Å². The largest absolute Gasteiger partial charge is 0.309 e. The van der Waals surface area contributed by atoms with Gasteiger partial charge in [-0.1, -0.05) is 172 Å². The maximum absolute atomic E-state index is 5.60. The maximum atomic E-state index is 5.60. The van der Waals surface area contributed by atoms with Crippen LogP contribution in [0.3, 0.4) is 0 Å². The molecule has 13 aromatic rings. The summed E-state index contributed by atoms with van der Waals surface area (Å²) in [5.74, 6) is 0.654. The van der Waals surface area contributed by atoms with Gasteiger partial charge >= 0.3 is 0 Å². The zero-order chi connectivity index (χ0) is 44.4. The summed E-state index contributed by atoms with van der Waals surface area (Å²) in [6.07, 6.45) is 0. The van der Waals surface area contributed by atoms with Crippen LogP contribution in [0.4, 0.5) is 0 Å². The number of hydrogen-bond donors (Lipinski definition) is 0. The highest BCUT2D eigenvalue weighted by Gasteiger charge is 2.35. The summed E-state index contributed by atoms with van der Waals surface area (Å²) in [5, 5.41) is 8.20. The molecule has 0 fully saturated rings. The van der Waals surface area contributed by atoms with Gasteiger partial charge in [-0.2, -0.15) is 0 Å². The molecule has 0 aliphatic heterocycles. The van der Waals surface area contributed by atoms with E-state index in [4.69, 9.17) is 9.97 Å². The van der Waals surface area contributed by atoms with Crippen LogP contribution in [0.2, 0.25) is 0 Å². The third-order valence-electron chi connectivity index (χ3n) is 14.5. The van der Waals surface area contributed by atoms with Crippen LogP contribution in [0, 0.1) is 0 Å². The zero-order valence-corrected chi connectivity index (χ0v) is 37.1. The molecule has 0 radical (unpaired) electrons. The number of rotatable bonds is 5. The summed E-state index contributed by atoms with van der Waals surface area (Å²) in [7, 11) is 0. The molecular weight excluding hydrogens is 813 g/mol. The molecule has 10 aromatic carbocycles. The van der Waals surface area contributed by atoms with Crippen LogP contribution < -0.4 is 0 Å². The summed E-state index contributed by atoms with van der Waals surface area (Å²) < 4.78 is 4.69. The molecule has 14 rings (SSSR count). The molecule has 1 aliphatic rings. The van der Waals surface area contributed by atoms with Gasteiger partial charge in [0.1, 0.15) is 0 Å². The molecule has 3 aromatic heterocycles. The van der Waals surface area contributed by atoms with E-state index in [1.54, 1.807) is 0 Å². The van der Waals surface area contributed by atoms with E-state index in [0.717, 1.165) is 55.4 Å². The SMILES string of the molecule is CC1(C)c2ccccc2-c2ccc(-c3nc(-n4c5cc(-c6ccc7c(c6)c6ccccc6n7-c6ccc(-c7ccccc7)cc6)ccc5c5cc6ccccc6cc54)nc4ccccc34)cc21. The lowest BCUT2D eigenvalue weighted by atomic mass is 9.82. The van der Waals surface area contributed by atoms with Crippen LogP contribution in [-0.2, 0) is 5.41 Å². The van der Waals surface area contributed by atoms with E-state index in [-0.39, 0.29) is 5.41 Å². The van der Waals surface area contributed by atoms with Gasteiger partial charge in [-0.15, -0.1) is 0 Å². The zero-order valence-electron chi connectivity index (χ0n) is 37.1. The molecule has 0 N–H and O–H groups in total. The number of fused-ring (bicyclic) bond motifs is 11. The molecule has 0 saturated carbocycles. The smallest absolute Gasteiger partial charge is 0.235 e. The van der Waals surface area contributed by atoms with Gasteiger partial charge in [0.25, 0.3) is 0 Å². The fourth-order valence-corrected chi connectivity index (χ4v) is 11.2. The summed E-state index contributed by atoms with van der Waals surface area (Å²) in [6.45, 7) is 4.68. The standard InChI is InChI=1S/C63H42N4/c1-63(2)54-21-11-8-18-47(54)48-31-27-45(36-55(48)63)61-51-20-9-12-22-56(51)64-62(65-61)67-59-38-44(26-32-50(59)53-34-41-16-6-7-17-42(41)37-60(53)67)43-28-33-58-52(35-43)49-19-10-13-23-57(49)66(58)46-29-24-40(25-30-46)39-14-4-3-5-15-39/h3-38H,1-2H3. The van der Waals surface area contributed by atoms with E-state index in [1.165, 1.54) is 71.3 Å². The number of aromatic nitrogens is 4. The summed E-state index contributed by atoms with van der Waals surface area (Å²) in [4.78, 5) is 11.0. The first-order valence-corrected chi connectivity index (χ1v) is 23.1. The minimum atomic E-state index is -0.135. The molecule has 0 atom stereocenters. The first-order chi connectivity index (χ1) is 33.0. The predicted octanol–water partition coefficient (Wildman–Crippen LogP) is 16.3. The molecule has 4 heteroatoms. The Morgan fingerprint density at radius 3 is 1.81 bits per heavy atom. The summed E-state index contributed by atoms with van der Waals surface area (Å²) in [5.41, 5.74) is 18.4. The molecule has 0 bridgehead atoms. The van der Waals surface area contributed by atoms with E-state index in [9.17, 15) is 0 Å². The topological polar surface area (TPSA) is 35.6 Å². The fourth-order valence-electron chi connectivity index (χ4n) is 11.2. The minimum absolute atomic E-state index is 0.135. The van der Waals surface area contributed by atoms with Crippen molar-refractivity contribution in [2.75, 3.05) is 0 Å². The van der Waals surface area contributed by atoms with Crippen LogP contribution in [0.15, 0.2) is 218 Å². The molecule has 0 spiro atoms. The van der Waals surface area contributed by atoms with Crippen molar-refractivity contribution in [1.82, 2.24) is 19.1 Å². The molecule has 0 unspecified atom stereocenters. The minimum Gasteiger partial charge on any atom is -0.309 e. The Labute approximate surface area is 387 Å². The van der Waals surface area contributed by atoms with Crippen LogP contribution in [0.5, 0.6) is 0 Å². The van der Waals surface area contributed by atoms with Gasteiger partial charge in [0.2, 0.25) is 5.95 Å². The third kappa shape index (κ3) is 5.66. The van der Waals surface area contributed by atoms with E-state index in [0.29, 0.717) is 5.95 Å². The normalized spacial score (nSPS) is 13.0. The van der Waals surface area contributed by atoms with E-state index in [2.05, 4.69) is 241 Å². The van der Waals surface area contributed by atoms with Gasteiger partial charge in [0.05, 0.1) is 33.3 Å². The van der Waals surface area contributed by atoms with Gasteiger partial charge in [0.15, 0.2) is 0 Å². The Balaban J connectivity index is 0.961. The van der Waals surface area contributed by atoms with Crippen molar-refractivity contribution >= 4 is 65.3 Å². The predicted molar refractivity (Wildman–Crippen MR) is 280 cm³/mol. The van der Waals surface area contributed by atoms with Crippen molar-refractivity contribution in [1.29, 1.82) is 0 Å². The van der Waals surface area contributed by atoms with Crippen molar-refractivity contribution in [3.05, 3.63) is 230 Å². The Kier molecular flexibility index (Phi) is 8.00. The third-order valence-corrected chi connectivity index (χ3v) is 14.5. The lowest BCUT2D eigenvalue weighted by Crippen LogP contribution is -2.15. The fraction of sp³-hybridized carbons (Fsp3) is 0.0476. The second-order valence-corrected chi connectivity index (χ2v) is 18.6. The van der Waals surface area contributed by atoms with Crippen LogP contribution >= 0.6 is 0 Å². The molecule has 0 amide bonds. The van der Waals surface area contributed by atoms with Gasteiger partial charge in [-0.3, -0.25) is 4.57 Å². The highest BCUT2D eigenvalue weighted by Crippen LogP contribution is 2.50. The van der Waals surface area contributed by atoms with Crippen LogP contribution in [0.1, 0.15) is 25.0 Å². The Hall–Kier alpha value is -8.60. The number of nitrogens with zero attached hydrogens (tertiary/aromatic N) is 4. The Morgan fingerprint density at radius 2 is 0.940 bits per heavy atom. The molecule has 67 heavy (non-hydrogen) atoms. The van der Waals surface area contributed by atoms with Gasteiger partial charge < -0.3 is 4.57 Å². The quantitative estimate of drug-likeness (QED) is 0.173. The van der Waals surface area contributed by atoms with Gasteiger partial charge in [-0.05, 0) is 116 Å². The molecule has 1 aliphatic carbocycles. The van der Waals surface area contributed by atoms with E-state index >= 15 is 0 Å². The molecular formula is C63H42N4. The van der Waals surface area contributed by atoms with Gasteiger partial charge in [-0.25, -0.2) is 9.97 Å². The molecule has 3 heterocycles. The number of hydrogen-bond acceptors (Lipinski definition) is 2. The molecule has 314 valence electrons. The Morgan fingerprint density at radius 1 is 0.343 bits per heavy atom. The second-order valence-electron chi connectivity index (χ2n) is 18.6. The highest BCUT2D eigenvalue weighted by molar-refractivity contribution is 6.15. The summed E-state index contributed by atoms with van der Waals surface area (Å²) >= 11 is 0.